The molecule has 2 heteroatoms. The minimum atomic E-state index is -0.474. The zero-order valence-corrected chi connectivity index (χ0v) is 9.76. The molecule has 0 aromatic heterocycles. The number of hydrogen-bond donors (Lipinski definition) is 1. The lowest BCUT2D eigenvalue weighted by Crippen LogP contribution is -2.36. The molecular weight excluding hydrogens is 240 g/mol. The first-order chi connectivity index (χ1) is 6.73. The Bertz CT molecular complexity index is 324. The van der Waals surface area contributed by atoms with Crippen LogP contribution in [-0.4, -0.2) is 16.0 Å². The van der Waals surface area contributed by atoms with Gasteiger partial charge in [0.2, 0.25) is 0 Å². The van der Waals surface area contributed by atoms with E-state index in [0.29, 0.717) is 0 Å². The maximum Gasteiger partial charge on any atom is 0.0699 e. The molecule has 0 heterocycles. The number of halogens is 1. The van der Waals surface area contributed by atoms with Gasteiger partial charge in [0.05, 0.1) is 5.60 Å². The van der Waals surface area contributed by atoms with Gasteiger partial charge in [-0.25, -0.2) is 0 Å². The van der Waals surface area contributed by atoms with E-state index in [4.69, 9.17) is 0 Å². The second-order valence-corrected chi connectivity index (χ2v) is 4.90. The summed E-state index contributed by atoms with van der Waals surface area (Å²) in [6.07, 6.45) is 3.57. The first kappa shape index (κ1) is 10.2. The van der Waals surface area contributed by atoms with Gasteiger partial charge in [0.15, 0.2) is 0 Å². The molecule has 0 amide bonds. The van der Waals surface area contributed by atoms with Crippen LogP contribution in [0.25, 0.3) is 0 Å². The highest BCUT2D eigenvalue weighted by Gasteiger charge is 2.30. The standard InChI is InChI=1S/C12H15BrO/c13-8-7-12(14)6-5-10-3-1-2-4-11(10)9-12/h1-4,14H,5-9H2. The normalized spacial score (nSPS) is 25.9. The second-order valence-electron chi connectivity index (χ2n) is 4.11. The Labute approximate surface area is 93.3 Å². The number of alkyl halides is 1. The molecule has 1 aromatic rings. The van der Waals surface area contributed by atoms with Crippen molar-refractivity contribution < 1.29 is 5.11 Å². The molecule has 0 saturated heterocycles. The fourth-order valence-electron chi connectivity index (χ4n) is 2.17. The lowest BCUT2D eigenvalue weighted by Gasteiger charge is -2.33. The van der Waals surface area contributed by atoms with Gasteiger partial charge >= 0.3 is 0 Å². The SMILES string of the molecule is OC1(CCBr)CCc2ccccc2C1. The molecule has 0 fully saturated rings. The molecule has 1 atom stereocenters. The van der Waals surface area contributed by atoms with Crippen LogP contribution < -0.4 is 0 Å². The van der Waals surface area contributed by atoms with Crippen LogP contribution in [-0.2, 0) is 12.8 Å². The Hall–Kier alpha value is -0.340. The van der Waals surface area contributed by atoms with Crippen LogP contribution in [0.1, 0.15) is 24.0 Å². The van der Waals surface area contributed by atoms with Crippen LogP contribution in [0.3, 0.4) is 0 Å². The Morgan fingerprint density at radius 3 is 2.71 bits per heavy atom. The summed E-state index contributed by atoms with van der Waals surface area (Å²) in [7, 11) is 0. The molecule has 0 spiro atoms. The van der Waals surface area contributed by atoms with Gasteiger partial charge in [-0.15, -0.1) is 0 Å². The minimum absolute atomic E-state index is 0.474. The molecule has 0 saturated carbocycles. The van der Waals surface area contributed by atoms with Gasteiger partial charge in [0, 0.05) is 11.8 Å². The van der Waals surface area contributed by atoms with Crippen molar-refractivity contribution in [1.82, 2.24) is 0 Å². The van der Waals surface area contributed by atoms with Crippen LogP contribution in [0.2, 0.25) is 0 Å². The molecule has 1 N–H and O–H groups in total. The van der Waals surface area contributed by atoms with Gasteiger partial charge in [-0.05, 0) is 30.4 Å². The molecule has 1 aromatic carbocycles. The van der Waals surface area contributed by atoms with Gasteiger partial charge in [-0.2, -0.15) is 0 Å². The quantitative estimate of drug-likeness (QED) is 0.805. The maximum atomic E-state index is 10.3. The summed E-state index contributed by atoms with van der Waals surface area (Å²) in [5.41, 5.74) is 2.26. The lowest BCUT2D eigenvalue weighted by atomic mass is 9.79. The number of fused-ring (bicyclic) bond motifs is 1. The average Bonchev–Trinajstić information content (AvgIpc) is 2.17. The van der Waals surface area contributed by atoms with E-state index in [1.807, 2.05) is 0 Å². The minimum Gasteiger partial charge on any atom is -0.390 e. The highest BCUT2D eigenvalue weighted by molar-refractivity contribution is 9.09. The summed E-state index contributed by atoms with van der Waals surface area (Å²) in [4.78, 5) is 0. The summed E-state index contributed by atoms with van der Waals surface area (Å²) in [6, 6.07) is 8.43. The van der Waals surface area contributed by atoms with E-state index < -0.39 is 5.60 Å². The Kier molecular flexibility index (Phi) is 2.93. The largest absolute Gasteiger partial charge is 0.390 e. The molecule has 1 aliphatic carbocycles. The zero-order chi connectivity index (χ0) is 10.0. The Morgan fingerprint density at radius 2 is 2.00 bits per heavy atom. The number of rotatable bonds is 2. The lowest BCUT2D eigenvalue weighted by molar-refractivity contribution is 0.0241. The fourth-order valence-corrected chi connectivity index (χ4v) is 2.91. The van der Waals surface area contributed by atoms with E-state index in [1.165, 1.54) is 11.1 Å². The van der Waals surface area contributed by atoms with E-state index in [-0.39, 0.29) is 0 Å². The first-order valence-electron chi connectivity index (χ1n) is 5.09. The van der Waals surface area contributed by atoms with Crippen LogP contribution in [0.4, 0.5) is 0 Å². The van der Waals surface area contributed by atoms with Gasteiger partial charge in [-0.1, -0.05) is 40.2 Å². The molecule has 0 bridgehead atoms. The monoisotopic (exact) mass is 254 g/mol. The van der Waals surface area contributed by atoms with Gasteiger partial charge in [0.25, 0.3) is 0 Å². The average molecular weight is 255 g/mol. The zero-order valence-electron chi connectivity index (χ0n) is 8.17. The summed E-state index contributed by atoms with van der Waals surface area (Å²) >= 11 is 3.40. The van der Waals surface area contributed by atoms with Crippen molar-refractivity contribution >= 4 is 15.9 Å². The van der Waals surface area contributed by atoms with Crippen molar-refractivity contribution in [3.05, 3.63) is 35.4 Å². The predicted molar refractivity (Wildman–Crippen MR) is 61.8 cm³/mol. The third-order valence-corrected chi connectivity index (χ3v) is 3.45. The fraction of sp³-hybridized carbons (Fsp3) is 0.500. The number of benzene rings is 1. The molecule has 2 rings (SSSR count). The number of hydrogen-bond acceptors (Lipinski definition) is 1. The van der Waals surface area contributed by atoms with Crippen molar-refractivity contribution in [3.8, 4) is 0 Å². The van der Waals surface area contributed by atoms with Crippen LogP contribution in [0.15, 0.2) is 24.3 Å². The molecule has 0 aliphatic heterocycles. The molecule has 0 radical (unpaired) electrons. The predicted octanol–water partition coefficient (Wildman–Crippen LogP) is 2.69. The number of aryl methyl sites for hydroxylation is 1. The second kappa shape index (κ2) is 4.03. The topological polar surface area (TPSA) is 20.2 Å². The maximum absolute atomic E-state index is 10.3. The van der Waals surface area contributed by atoms with E-state index in [1.54, 1.807) is 0 Å². The third kappa shape index (κ3) is 2.01. The summed E-state index contributed by atoms with van der Waals surface area (Å²) < 4.78 is 0. The Balaban J connectivity index is 2.20. The summed E-state index contributed by atoms with van der Waals surface area (Å²) in [6.45, 7) is 0. The third-order valence-electron chi connectivity index (χ3n) is 3.06. The molecule has 1 nitrogen and oxygen atoms in total. The smallest absolute Gasteiger partial charge is 0.0699 e. The molecular formula is C12H15BrO. The van der Waals surface area contributed by atoms with Crippen molar-refractivity contribution in [2.45, 2.75) is 31.3 Å². The highest BCUT2D eigenvalue weighted by Crippen LogP contribution is 2.31. The highest BCUT2D eigenvalue weighted by atomic mass is 79.9. The first-order valence-corrected chi connectivity index (χ1v) is 6.21. The molecule has 1 unspecified atom stereocenters. The molecule has 76 valence electrons. The van der Waals surface area contributed by atoms with Crippen molar-refractivity contribution in [1.29, 1.82) is 0 Å². The van der Waals surface area contributed by atoms with Crippen LogP contribution in [0, 0.1) is 0 Å². The number of aliphatic hydroxyl groups is 1. The van der Waals surface area contributed by atoms with Crippen molar-refractivity contribution in [2.24, 2.45) is 0 Å². The van der Waals surface area contributed by atoms with Crippen LogP contribution in [0.5, 0.6) is 0 Å². The van der Waals surface area contributed by atoms with Crippen molar-refractivity contribution in [2.75, 3.05) is 5.33 Å². The van der Waals surface area contributed by atoms with E-state index in [9.17, 15) is 5.11 Å². The summed E-state index contributed by atoms with van der Waals surface area (Å²) in [5.74, 6) is 0. The Morgan fingerprint density at radius 1 is 1.29 bits per heavy atom. The molecule has 1 aliphatic rings. The van der Waals surface area contributed by atoms with Gasteiger partial charge in [-0.3, -0.25) is 0 Å². The van der Waals surface area contributed by atoms with E-state index in [2.05, 4.69) is 40.2 Å². The van der Waals surface area contributed by atoms with Gasteiger partial charge < -0.3 is 5.11 Å². The van der Waals surface area contributed by atoms with Crippen LogP contribution >= 0.6 is 15.9 Å². The van der Waals surface area contributed by atoms with Crippen molar-refractivity contribution in [3.63, 3.8) is 0 Å². The van der Waals surface area contributed by atoms with E-state index in [0.717, 1.165) is 31.0 Å². The van der Waals surface area contributed by atoms with E-state index >= 15 is 0 Å². The molecule has 14 heavy (non-hydrogen) atoms. The summed E-state index contributed by atoms with van der Waals surface area (Å²) in [5, 5.41) is 11.2. The van der Waals surface area contributed by atoms with Gasteiger partial charge in [0.1, 0.15) is 0 Å².